The lowest BCUT2D eigenvalue weighted by atomic mass is 10.2. The third kappa shape index (κ3) is 3.10. The fourth-order valence-corrected chi connectivity index (χ4v) is 3.07. The Labute approximate surface area is 110 Å². The molecule has 4 nitrogen and oxygen atoms in total. The first-order chi connectivity index (χ1) is 8.47. The maximum Gasteiger partial charge on any atom is 0.307 e. The Morgan fingerprint density at radius 2 is 2.22 bits per heavy atom. The molecule has 1 aliphatic rings. The third-order valence-corrected chi connectivity index (χ3v) is 4.16. The molecule has 0 saturated heterocycles. The van der Waals surface area contributed by atoms with Gasteiger partial charge in [-0.3, -0.25) is 9.59 Å². The number of carboxylic acids is 1. The second-order valence-corrected chi connectivity index (χ2v) is 6.29. The van der Waals surface area contributed by atoms with E-state index in [1.54, 1.807) is 11.3 Å². The van der Waals surface area contributed by atoms with Gasteiger partial charge in [0.1, 0.15) is 0 Å². The number of carboxylic acid groups (broad SMARTS) is 1. The van der Waals surface area contributed by atoms with E-state index in [-0.39, 0.29) is 17.9 Å². The molecule has 98 valence electrons. The van der Waals surface area contributed by atoms with Crippen LogP contribution in [0.15, 0.2) is 12.1 Å². The average molecular weight is 267 g/mol. The summed E-state index contributed by atoms with van der Waals surface area (Å²) in [6.45, 7) is 4.00. The van der Waals surface area contributed by atoms with Crippen LogP contribution in [-0.4, -0.2) is 23.0 Å². The Morgan fingerprint density at radius 1 is 1.50 bits per heavy atom. The van der Waals surface area contributed by atoms with E-state index in [1.165, 1.54) is 9.75 Å². The maximum absolute atomic E-state index is 11.8. The van der Waals surface area contributed by atoms with Crippen molar-refractivity contribution in [3.05, 3.63) is 21.9 Å². The molecule has 0 unspecified atom stereocenters. The fraction of sp³-hybridized carbons (Fsp3) is 0.538. The van der Waals surface area contributed by atoms with Gasteiger partial charge in [-0.25, -0.2) is 0 Å². The zero-order valence-electron chi connectivity index (χ0n) is 10.5. The number of aliphatic carboxylic acids is 1. The van der Waals surface area contributed by atoms with E-state index >= 15 is 0 Å². The van der Waals surface area contributed by atoms with Crippen molar-refractivity contribution in [3.8, 4) is 0 Å². The lowest BCUT2D eigenvalue weighted by Gasteiger charge is -2.12. The van der Waals surface area contributed by atoms with Crippen molar-refractivity contribution >= 4 is 23.2 Å². The van der Waals surface area contributed by atoms with Gasteiger partial charge in [0.2, 0.25) is 5.91 Å². The number of amides is 1. The third-order valence-electron chi connectivity index (χ3n) is 3.14. The van der Waals surface area contributed by atoms with Gasteiger partial charge in [-0.05, 0) is 32.4 Å². The summed E-state index contributed by atoms with van der Waals surface area (Å²) in [7, 11) is 0. The number of thiophene rings is 1. The zero-order chi connectivity index (χ0) is 13.3. The van der Waals surface area contributed by atoms with E-state index in [1.807, 2.05) is 6.92 Å². The predicted octanol–water partition coefficient (Wildman–Crippen LogP) is 1.82. The van der Waals surface area contributed by atoms with Crippen LogP contribution in [0.4, 0.5) is 0 Å². The topological polar surface area (TPSA) is 66.4 Å². The van der Waals surface area contributed by atoms with Crippen molar-refractivity contribution in [2.75, 3.05) is 0 Å². The largest absolute Gasteiger partial charge is 0.481 e. The van der Waals surface area contributed by atoms with Gasteiger partial charge in [0.05, 0.1) is 11.8 Å². The summed E-state index contributed by atoms with van der Waals surface area (Å²) in [6.07, 6.45) is 1.28. The first kappa shape index (κ1) is 13.1. The summed E-state index contributed by atoms with van der Waals surface area (Å²) in [5.41, 5.74) is 0. The van der Waals surface area contributed by atoms with Crippen LogP contribution in [0.1, 0.15) is 23.1 Å². The van der Waals surface area contributed by atoms with E-state index < -0.39 is 11.9 Å². The van der Waals surface area contributed by atoms with Crippen LogP contribution in [0, 0.1) is 18.8 Å². The molecule has 0 bridgehead atoms. The van der Waals surface area contributed by atoms with E-state index in [4.69, 9.17) is 5.11 Å². The maximum atomic E-state index is 11.8. The minimum Gasteiger partial charge on any atom is -0.481 e. The molecule has 1 heterocycles. The monoisotopic (exact) mass is 267 g/mol. The van der Waals surface area contributed by atoms with Gasteiger partial charge in [-0.1, -0.05) is 0 Å². The van der Waals surface area contributed by atoms with Gasteiger partial charge in [0.25, 0.3) is 0 Å². The van der Waals surface area contributed by atoms with Crippen molar-refractivity contribution in [1.29, 1.82) is 0 Å². The Bertz CT molecular complexity index is 469. The molecule has 0 aromatic carbocycles. The average Bonchev–Trinajstić information content (AvgIpc) is 2.98. The molecule has 1 aliphatic carbocycles. The lowest BCUT2D eigenvalue weighted by Crippen LogP contribution is -2.35. The van der Waals surface area contributed by atoms with Gasteiger partial charge in [-0.2, -0.15) is 0 Å². The Kier molecular flexibility index (Phi) is 3.71. The van der Waals surface area contributed by atoms with E-state index in [2.05, 4.69) is 24.4 Å². The highest BCUT2D eigenvalue weighted by Crippen LogP contribution is 2.38. The highest BCUT2D eigenvalue weighted by Gasteiger charge is 2.48. The highest BCUT2D eigenvalue weighted by molar-refractivity contribution is 7.11. The minimum absolute atomic E-state index is 0.0468. The van der Waals surface area contributed by atoms with Crippen LogP contribution >= 0.6 is 11.3 Å². The molecule has 1 saturated carbocycles. The lowest BCUT2D eigenvalue weighted by molar-refractivity contribution is -0.140. The Hall–Kier alpha value is -1.36. The molecule has 1 amide bonds. The quantitative estimate of drug-likeness (QED) is 0.855. The number of rotatable bonds is 5. The molecular weight excluding hydrogens is 250 g/mol. The number of hydrogen-bond donors (Lipinski definition) is 2. The van der Waals surface area contributed by atoms with E-state index in [9.17, 15) is 9.59 Å². The predicted molar refractivity (Wildman–Crippen MR) is 69.6 cm³/mol. The summed E-state index contributed by atoms with van der Waals surface area (Å²) in [5, 5.41) is 11.7. The molecule has 2 N–H and O–H groups in total. The van der Waals surface area contributed by atoms with Crippen LogP contribution in [0.25, 0.3) is 0 Å². The van der Waals surface area contributed by atoms with Crippen LogP contribution in [0.5, 0.6) is 0 Å². The molecule has 5 heteroatoms. The van der Waals surface area contributed by atoms with Crippen LogP contribution in [0.3, 0.4) is 0 Å². The van der Waals surface area contributed by atoms with Gasteiger partial charge in [-0.15, -0.1) is 11.3 Å². The van der Waals surface area contributed by atoms with E-state index in [0.717, 1.165) is 6.42 Å². The van der Waals surface area contributed by atoms with Gasteiger partial charge < -0.3 is 10.4 Å². The molecule has 2 rings (SSSR count). The number of aryl methyl sites for hydroxylation is 1. The SMILES string of the molecule is Cc1ccc(C[C@H](C)NC(=O)[C@@H]2C[C@@H]2C(=O)O)s1. The number of carbonyl (C=O) groups excluding carboxylic acids is 1. The first-order valence-electron chi connectivity index (χ1n) is 6.06. The summed E-state index contributed by atoms with van der Waals surface area (Å²) < 4.78 is 0. The standard InChI is InChI=1S/C13H17NO3S/c1-7(5-9-4-3-8(2)18-9)14-12(15)10-6-11(10)13(16)17/h3-4,7,10-11H,5-6H2,1-2H3,(H,14,15)(H,16,17)/t7-,10+,11-/m0/s1. The number of hydrogen-bond acceptors (Lipinski definition) is 3. The molecule has 18 heavy (non-hydrogen) atoms. The Morgan fingerprint density at radius 3 is 2.72 bits per heavy atom. The fourth-order valence-electron chi connectivity index (χ4n) is 2.06. The van der Waals surface area contributed by atoms with Crippen LogP contribution < -0.4 is 5.32 Å². The molecule has 0 spiro atoms. The van der Waals surface area contributed by atoms with E-state index in [0.29, 0.717) is 6.42 Å². The summed E-state index contributed by atoms with van der Waals surface area (Å²) in [4.78, 5) is 24.9. The summed E-state index contributed by atoms with van der Waals surface area (Å²) in [5.74, 6) is -1.78. The smallest absolute Gasteiger partial charge is 0.307 e. The van der Waals surface area contributed by atoms with Gasteiger partial charge in [0, 0.05) is 22.2 Å². The normalized spacial score (nSPS) is 23.4. The molecule has 0 aliphatic heterocycles. The summed E-state index contributed by atoms with van der Waals surface area (Å²) >= 11 is 1.73. The molecule has 1 fully saturated rings. The zero-order valence-corrected chi connectivity index (χ0v) is 11.3. The highest BCUT2D eigenvalue weighted by atomic mass is 32.1. The van der Waals surface area contributed by atoms with Crippen molar-refractivity contribution in [2.45, 2.75) is 32.7 Å². The second-order valence-electron chi connectivity index (χ2n) is 4.91. The van der Waals surface area contributed by atoms with Crippen molar-refractivity contribution in [1.82, 2.24) is 5.32 Å². The molecule has 1 aromatic heterocycles. The second kappa shape index (κ2) is 5.10. The van der Waals surface area contributed by atoms with Gasteiger partial charge in [0.15, 0.2) is 0 Å². The Balaban J connectivity index is 1.79. The minimum atomic E-state index is -0.864. The van der Waals surface area contributed by atoms with Gasteiger partial charge >= 0.3 is 5.97 Å². The number of nitrogens with one attached hydrogen (secondary N) is 1. The first-order valence-corrected chi connectivity index (χ1v) is 6.87. The molecular formula is C13H17NO3S. The number of carbonyl (C=O) groups is 2. The van der Waals surface area contributed by atoms with Crippen molar-refractivity contribution < 1.29 is 14.7 Å². The molecule has 3 atom stereocenters. The van der Waals surface area contributed by atoms with Crippen molar-refractivity contribution in [3.63, 3.8) is 0 Å². The molecule has 1 aromatic rings. The van der Waals surface area contributed by atoms with Crippen LogP contribution in [0.2, 0.25) is 0 Å². The van der Waals surface area contributed by atoms with Crippen molar-refractivity contribution in [2.24, 2.45) is 11.8 Å². The molecule has 0 radical (unpaired) electrons. The van der Waals surface area contributed by atoms with Crippen LogP contribution in [-0.2, 0) is 16.0 Å². The summed E-state index contributed by atoms with van der Waals surface area (Å²) in [6, 6.07) is 4.18.